The Balaban J connectivity index is 3.31. The quantitative estimate of drug-likeness (QED) is 0.438. The van der Waals surface area contributed by atoms with Gasteiger partial charge in [0.1, 0.15) is 17.3 Å². The number of ether oxygens (including phenoxy) is 1. The van der Waals surface area contributed by atoms with Crippen LogP contribution in [0.2, 0.25) is 0 Å². The number of nitro groups is 1. The maximum absolute atomic E-state index is 13.7. The molecule has 1 aromatic carbocycles. The van der Waals surface area contributed by atoms with Gasteiger partial charge in [0.15, 0.2) is 0 Å². The molecule has 0 aliphatic carbocycles. The van der Waals surface area contributed by atoms with Gasteiger partial charge in [0, 0.05) is 18.7 Å². The van der Waals surface area contributed by atoms with Crippen LogP contribution in [-0.4, -0.2) is 43.8 Å². The van der Waals surface area contributed by atoms with Crippen molar-refractivity contribution in [3.05, 3.63) is 34.1 Å². The monoisotopic (exact) mass is 320 g/mol. The molecule has 21 heavy (non-hydrogen) atoms. The minimum absolute atomic E-state index is 0.125. The van der Waals surface area contributed by atoms with Crippen LogP contribution >= 0.6 is 0 Å². The highest BCUT2D eigenvalue weighted by atomic mass is 32.2. The highest BCUT2D eigenvalue weighted by Gasteiger charge is 2.30. The molecule has 0 unspecified atom stereocenters. The molecule has 0 amide bonds. The zero-order chi connectivity index (χ0) is 16.2. The van der Waals surface area contributed by atoms with E-state index in [4.69, 9.17) is 0 Å². The summed E-state index contributed by atoms with van der Waals surface area (Å²) in [7, 11) is -3.31. The number of sulfonamides is 1. The molecule has 0 aromatic heterocycles. The van der Waals surface area contributed by atoms with Crippen molar-refractivity contribution in [2.45, 2.75) is 11.8 Å². The minimum atomic E-state index is -4.39. The third-order valence-electron chi connectivity index (χ3n) is 2.63. The summed E-state index contributed by atoms with van der Waals surface area (Å²) in [5.41, 5.74) is -0.566. The molecule has 0 aliphatic heterocycles. The second-order valence-electron chi connectivity index (χ2n) is 3.88. The average Bonchev–Trinajstić information content (AvgIpc) is 2.44. The number of methoxy groups -OCH3 is 1. The Morgan fingerprint density at radius 1 is 1.48 bits per heavy atom. The maximum atomic E-state index is 13.7. The average molecular weight is 320 g/mol. The van der Waals surface area contributed by atoms with Crippen LogP contribution in [0.5, 0.6) is 0 Å². The van der Waals surface area contributed by atoms with E-state index in [9.17, 15) is 27.7 Å². The smallest absolute Gasteiger partial charge is 0.321 e. The molecule has 0 N–H and O–H groups in total. The van der Waals surface area contributed by atoms with Crippen LogP contribution in [0.4, 0.5) is 10.1 Å². The van der Waals surface area contributed by atoms with E-state index in [2.05, 4.69) is 4.74 Å². The third kappa shape index (κ3) is 3.73. The van der Waals surface area contributed by atoms with Crippen molar-refractivity contribution < 1.29 is 27.3 Å². The molecule has 0 saturated heterocycles. The lowest BCUT2D eigenvalue weighted by molar-refractivity contribution is -0.385. The Morgan fingerprint density at radius 2 is 2.10 bits per heavy atom. The number of halogens is 1. The van der Waals surface area contributed by atoms with Crippen molar-refractivity contribution in [3.8, 4) is 0 Å². The fraction of sp³-hybridized carbons (Fsp3) is 0.364. The van der Waals surface area contributed by atoms with E-state index in [1.165, 1.54) is 6.92 Å². The van der Waals surface area contributed by atoms with Crippen molar-refractivity contribution in [1.29, 1.82) is 0 Å². The number of esters is 1. The Morgan fingerprint density at radius 3 is 2.57 bits per heavy atom. The third-order valence-corrected chi connectivity index (χ3v) is 4.57. The predicted molar refractivity (Wildman–Crippen MR) is 69.5 cm³/mol. The summed E-state index contributed by atoms with van der Waals surface area (Å²) in [5, 5.41) is 10.7. The summed E-state index contributed by atoms with van der Waals surface area (Å²) < 4.78 is 43.3. The number of carbonyl (C=O) groups excluding carboxylic acids is 1. The highest BCUT2D eigenvalue weighted by Crippen LogP contribution is 2.24. The van der Waals surface area contributed by atoms with E-state index in [1.807, 2.05) is 0 Å². The molecule has 0 heterocycles. The molecular formula is C11H13FN2O6S. The van der Waals surface area contributed by atoms with Gasteiger partial charge in [0.05, 0.1) is 12.0 Å². The second-order valence-corrected chi connectivity index (χ2v) is 5.79. The predicted octanol–water partition coefficient (Wildman–Crippen LogP) is 0.918. The molecule has 0 bridgehead atoms. The van der Waals surface area contributed by atoms with Crippen LogP contribution in [0.3, 0.4) is 0 Å². The fourth-order valence-electron chi connectivity index (χ4n) is 1.52. The lowest BCUT2D eigenvalue weighted by atomic mass is 10.3. The molecule has 8 nitrogen and oxygen atoms in total. The van der Waals surface area contributed by atoms with Gasteiger partial charge in [-0.05, 0) is 6.07 Å². The maximum Gasteiger partial charge on any atom is 0.321 e. The van der Waals surface area contributed by atoms with Crippen molar-refractivity contribution in [3.63, 3.8) is 0 Å². The van der Waals surface area contributed by atoms with E-state index >= 15 is 0 Å². The number of likely N-dealkylation sites (N-methyl/N-ethyl adjacent to an activating group) is 1. The molecule has 10 heteroatoms. The van der Waals surface area contributed by atoms with E-state index < -0.39 is 43.9 Å². The molecule has 0 fully saturated rings. The molecule has 0 spiro atoms. The zero-order valence-electron chi connectivity index (χ0n) is 11.3. The standard InChI is InChI=1S/C11H13FN2O6S/c1-3-13(7-11(15)20-2)21(18,19)10-6-8(14(16)17)4-5-9(10)12/h4-6H,3,7H2,1-2H3. The Kier molecular flexibility index (Phi) is 5.33. The van der Waals surface area contributed by atoms with Crippen LogP contribution in [0.25, 0.3) is 0 Å². The number of rotatable bonds is 6. The largest absolute Gasteiger partial charge is 0.468 e. The van der Waals surface area contributed by atoms with Gasteiger partial charge in [0.25, 0.3) is 5.69 Å². The second kappa shape index (κ2) is 6.59. The van der Waals surface area contributed by atoms with Gasteiger partial charge in [-0.3, -0.25) is 14.9 Å². The number of non-ortho nitro benzene ring substituents is 1. The van der Waals surface area contributed by atoms with Crippen molar-refractivity contribution in [2.24, 2.45) is 0 Å². The van der Waals surface area contributed by atoms with Crippen LogP contribution in [-0.2, 0) is 19.6 Å². The summed E-state index contributed by atoms with van der Waals surface area (Å²) in [6.07, 6.45) is 0. The number of carbonyl (C=O) groups is 1. The molecule has 1 rings (SSSR count). The van der Waals surface area contributed by atoms with Crippen LogP contribution < -0.4 is 0 Å². The van der Waals surface area contributed by atoms with Gasteiger partial charge in [-0.2, -0.15) is 4.31 Å². The molecule has 1 aromatic rings. The summed E-state index contributed by atoms with van der Waals surface area (Å²) in [6, 6.07) is 2.16. The zero-order valence-corrected chi connectivity index (χ0v) is 12.1. The van der Waals surface area contributed by atoms with Gasteiger partial charge in [-0.15, -0.1) is 0 Å². The minimum Gasteiger partial charge on any atom is -0.468 e. The first-order valence-electron chi connectivity index (χ1n) is 5.75. The lowest BCUT2D eigenvalue weighted by Crippen LogP contribution is -2.36. The summed E-state index contributed by atoms with van der Waals surface area (Å²) in [6.45, 7) is 0.701. The Hall–Kier alpha value is -2.07. The van der Waals surface area contributed by atoms with Crippen LogP contribution in [0.15, 0.2) is 23.1 Å². The molecule has 0 radical (unpaired) electrons. The fourth-order valence-corrected chi connectivity index (χ4v) is 3.00. The summed E-state index contributed by atoms with van der Waals surface area (Å²) >= 11 is 0. The van der Waals surface area contributed by atoms with E-state index in [0.29, 0.717) is 16.4 Å². The van der Waals surface area contributed by atoms with Gasteiger partial charge in [-0.25, -0.2) is 12.8 Å². The number of nitro benzene ring substituents is 1. The van der Waals surface area contributed by atoms with E-state index in [1.54, 1.807) is 0 Å². The molecule has 0 atom stereocenters. The van der Waals surface area contributed by atoms with Gasteiger partial charge < -0.3 is 4.74 Å². The highest BCUT2D eigenvalue weighted by molar-refractivity contribution is 7.89. The molecule has 116 valence electrons. The molecular weight excluding hydrogens is 307 g/mol. The van der Waals surface area contributed by atoms with Gasteiger partial charge in [-0.1, -0.05) is 6.92 Å². The summed E-state index contributed by atoms with van der Waals surface area (Å²) in [4.78, 5) is 20.1. The van der Waals surface area contributed by atoms with Crippen LogP contribution in [0.1, 0.15) is 6.92 Å². The number of hydrogen-bond donors (Lipinski definition) is 0. The van der Waals surface area contributed by atoms with Crippen LogP contribution in [0, 0.1) is 15.9 Å². The normalized spacial score (nSPS) is 11.4. The first-order valence-corrected chi connectivity index (χ1v) is 7.19. The topological polar surface area (TPSA) is 107 Å². The van der Waals surface area contributed by atoms with E-state index in [-0.39, 0.29) is 6.54 Å². The molecule has 0 aliphatic rings. The van der Waals surface area contributed by atoms with Gasteiger partial charge >= 0.3 is 5.97 Å². The number of benzene rings is 1. The van der Waals surface area contributed by atoms with Crippen molar-refractivity contribution in [1.82, 2.24) is 4.31 Å². The van der Waals surface area contributed by atoms with Crippen molar-refractivity contribution in [2.75, 3.05) is 20.2 Å². The Bertz CT molecular complexity index is 661. The summed E-state index contributed by atoms with van der Waals surface area (Å²) in [5.74, 6) is -1.96. The first-order chi connectivity index (χ1) is 9.73. The van der Waals surface area contributed by atoms with Crippen molar-refractivity contribution >= 4 is 21.7 Å². The first kappa shape index (κ1) is 17.0. The van der Waals surface area contributed by atoms with Gasteiger partial charge in [0.2, 0.25) is 10.0 Å². The molecule has 0 saturated carbocycles. The SMILES string of the molecule is CCN(CC(=O)OC)S(=O)(=O)c1cc([N+](=O)[O-])ccc1F. The number of nitrogens with zero attached hydrogens (tertiary/aromatic N) is 2. The van der Waals surface area contributed by atoms with E-state index in [0.717, 1.165) is 13.2 Å². The lowest BCUT2D eigenvalue weighted by Gasteiger charge is -2.19. The Labute approximate surface area is 120 Å². The number of hydrogen-bond acceptors (Lipinski definition) is 6.